The van der Waals surface area contributed by atoms with Gasteiger partial charge >= 0.3 is 11.9 Å². The van der Waals surface area contributed by atoms with Crippen LogP contribution >= 0.6 is 0 Å². The SMILES string of the molecule is COc1cccc(OC(=O)c2[nH]cnc2C(=O)O)c1. The zero-order chi connectivity index (χ0) is 13.8. The van der Waals surface area contributed by atoms with Crippen molar-refractivity contribution in [2.45, 2.75) is 0 Å². The first kappa shape index (κ1) is 12.6. The van der Waals surface area contributed by atoms with Crippen molar-refractivity contribution in [2.75, 3.05) is 7.11 Å². The number of aromatic carboxylic acids is 1. The largest absolute Gasteiger partial charge is 0.497 e. The first-order valence-electron chi connectivity index (χ1n) is 5.24. The maximum atomic E-state index is 11.8. The van der Waals surface area contributed by atoms with E-state index in [-0.39, 0.29) is 17.1 Å². The van der Waals surface area contributed by atoms with E-state index in [9.17, 15) is 9.59 Å². The van der Waals surface area contributed by atoms with Crippen molar-refractivity contribution in [1.82, 2.24) is 9.97 Å². The number of methoxy groups -OCH3 is 1. The van der Waals surface area contributed by atoms with Gasteiger partial charge in [0.2, 0.25) is 0 Å². The highest BCUT2D eigenvalue weighted by Gasteiger charge is 2.21. The summed E-state index contributed by atoms with van der Waals surface area (Å²) in [6.45, 7) is 0. The van der Waals surface area contributed by atoms with E-state index in [0.717, 1.165) is 6.33 Å². The number of H-pyrrole nitrogens is 1. The normalized spacial score (nSPS) is 9.95. The molecule has 0 atom stereocenters. The lowest BCUT2D eigenvalue weighted by atomic mass is 10.3. The fourth-order valence-electron chi connectivity index (χ4n) is 1.43. The van der Waals surface area contributed by atoms with Crippen molar-refractivity contribution in [3.8, 4) is 11.5 Å². The fraction of sp³-hybridized carbons (Fsp3) is 0.0833. The maximum absolute atomic E-state index is 11.8. The topological polar surface area (TPSA) is 102 Å². The summed E-state index contributed by atoms with van der Waals surface area (Å²) in [7, 11) is 1.48. The molecule has 7 nitrogen and oxygen atoms in total. The number of carbonyl (C=O) groups is 2. The number of imidazole rings is 1. The van der Waals surface area contributed by atoms with Gasteiger partial charge in [-0.1, -0.05) is 6.07 Å². The lowest BCUT2D eigenvalue weighted by Crippen LogP contribution is -2.14. The monoisotopic (exact) mass is 262 g/mol. The Labute approximate surface area is 107 Å². The first-order valence-corrected chi connectivity index (χ1v) is 5.24. The van der Waals surface area contributed by atoms with Crippen molar-refractivity contribution < 1.29 is 24.2 Å². The zero-order valence-electron chi connectivity index (χ0n) is 9.91. The predicted octanol–water partition coefficient (Wildman–Crippen LogP) is 1.34. The Hall–Kier alpha value is -2.83. The third kappa shape index (κ3) is 2.71. The number of ether oxygens (including phenoxy) is 2. The van der Waals surface area contributed by atoms with E-state index in [0.29, 0.717) is 5.75 Å². The molecular formula is C12H10N2O5. The van der Waals surface area contributed by atoms with Crippen LogP contribution in [-0.2, 0) is 0 Å². The molecule has 0 unspecified atom stereocenters. The molecular weight excluding hydrogens is 252 g/mol. The third-order valence-electron chi connectivity index (χ3n) is 2.30. The number of carboxylic acid groups (broad SMARTS) is 1. The smallest absolute Gasteiger partial charge is 0.362 e. The Kier molecular flexibility index (Phi) is 3.46. The maximum Gasteiger partial charge on any atom is 0.362 e. The number of nitrogens with one attached hydrogen (secondary N) is 1. The highest BCUT2D eigenvalue weighted by molar-refractivity contribution is 6.00. The second kappa shape index (κ2) is 5.21. The van der Waals surface area contributed by atoms with Gasteiger partial charge in [-0.15, -0.1) is 0 Å². The Balaban J connectivity index is 2.20. The minimum absolute atomic E-state index is 0.213. The molecule has 0 amide bonds. The van der Waals surface area contributed by atoms with Crippen molar-refractivity contribution in [3.63, 3.8) is 0 Å². The molecule has 1 aromatic carbocycles. The van der Waals surface area contributed by atoms with Crippen LogP contribution in [0.2, 0.25) is 0 Å². The molecule has 0 saturated heterocycles. The van der Waals surface area contributed by atoms with E-state index in [2.05, 4.69) is 9.97 Å². The Morgan fingerprint density at radius 1 is 1.32 bits per heavy atom. The molecule has 1 aromatic heterocycles. The number of hydrogen-bond acceptors (Lipinski definition) is 5. The van der Waals surface area contributed by atoms with Crippen LogP contribution in [0.4, 0.5) is 0 Å². The molecule has 0 aliphatic rings. The number of hydrogen-bond donors (Lipinski definition) is 2. The second-order valence-corrected chi connectivity index (χ2v) is 3.50. The van der Waals surface area contributed by atoms with Gasteiger partial charge in [-0.25, -0.2) is 14.6 Å². The number of esters is 1. The molecule has 2 rings (SSSR count). The number of rotatable bonds is 4. The lowest BCUT2D eigenvalue weighted by molar-refractivity contribution is 0.0661. The minimum atomic E-state index is -1.31. The molecule has 0 radical (unpaired) electrons. The summed E-state index contributed by atoms with van der Waals surface area (Å²) in [6.07, 6.45) is 1.12. The summed E-state index contributed by atoms with van der Waals surface area (Å²) in [5, 5.41) is 8.84. The van der Waals surface area contributed by atoms with Gasteiger partial charge in [-0.3, -0.25) is 0 Å². The molecule has 19 heavy (non-hydrogen) atoms. The van der Waals surface area contributed by atoms with Crippen molar-refractivity contribution in [3.05, 3.63) is 42.0 Å². The van der Waals surface area contributed by atoms with Crippen molar-refractivity contribution in [2.24, 2.45) is 0 Å². The molecule has 0 spiro atoms. The number of aromatic nitrogens is 2. The lowest BCUT2D eigenvalue weighted by Gasteiger charge is -2.05. The van der Waals surface area contributed by atoms with Crippen LogP contribution in [0.1, 0.15) is 21.0 Å². The van der Waals surface area contributed by atoms with Crippen LogP contribution in [0.25, 0.3) is 0 Å². The number of aromatic amines is 1. The van der Waals surface area contributed by atoms with Gasteiger partial charge in [0.1, 0.15) is 11.5 Å². The highest BCUT2D eigenvalue weighted by Crippen LogP contribution is 2.20. The molecule has 1 heterocycles. The van der Waals surface area contributed by atoms with E-state index in [1.54, 1.807) is 18.2 Å². The van der Waals surface area contributed by atoms with E-state index in [4.69, 9.17) is 14.6 Å². The van der Waals surface area contributed by atoms with Crippen LogP contribution in [0.3, 0.4) is 0 Å². The number of nitrogens with zero attached hydrogens (tertiary/aromatic N) is 1. The van der Waals surface area contributed by atoms with E-state index >= 15 is 0 Å². The van der Waals surface area contributed by atoms with Gasteiger partial charge < -0.3 is 19.6 Å². The number of benzene rings is 1. The molecule has 7 heteroatoms. The van der Waals surface area contributed by atoms with Gasteiger partial charge in [-0.05, 0) is 12.1 Å². The molecule has 0 aliphatic carbocycles. The quantitative estimate of drug-likeness (QED) is 0.636. The molecule has 0 bridgehead atoms. The number of carboxylic acids is 1. The van der Waals surface area contributed by atoms with E-state index < -0.39 is 11.9 Å². The Morgan fingerprint density at radius 3 is 2.74 bits per heavy atom. The molecule has 2 aromatic rings. The molecule has 0 fully saturated rings. The van der Waals surface area contributed by atoms with Crippen LogP contribution in [0.15, 0.2) is 30.6 Å². The van der Waals surface area contributed by atoms with Gasteiger partial charge in [0.25, 0.3) is 0 Å². The summed E-state index contributed by atoms with van der Waals surface area (Å²) < 4.78 is 10.0. The summed E-state index contributed by atoms with van der Waals surface area (Å²) >= 11 is 0. The fourth-order valence-corrected chi connectivity index (χ4v) is 1.43. The van der Waals surface area contributed by atoms with Crippen LogP contribution in [0, 0.1) is 0 Å². The predicted molar refractivity (Wildman–Crippen MR) is 63.5 cm³/mol. The van der Waals surface area contributed by atoms with Crippen LogP contribution in [-0.4, -0.2) is 34.1 Å². The standard InChI is InChI=1S/C12H10N2O5/c1-18-7-3-2-4-8(5-7)19-12(17)10-9(11(15)16)13-6-14-10/h2-6H,1H3,(H,13,14)(H,15,16). The summed E-state index contributed by atoms with van der Waals surface area (Å²) in [5.74, 6) is -1.37. The van der Waals surface area contributed by atoms with Crippen molar-refractivity contribution in [1.29, 1.82) is 0 Å². The number of carbonyl (C=O) groups excluding carboxylic acids is 1. The zero-order valence-corrected chi connectivity index (χ0v) is 9.91. The summed E-state index contributed by atoms with van der Waals surface area (Å²) in [6, 6.07) is 6.40. The molecule has 2 N–H and O–H groups in total. The summed E-state index contributed by atoms with van der Waals surface area (Å²) in [4.78, 5) is 28.6. The summed E-state index contributed by atoms with van der Waals surface area (Å²) in [5.41, 5.74) is -0.594. The average molecular weight is 262 g/mol. The molecule has 98 valence electrons. The van der Waals surface area contributed by atoms with Gasteiger partial charge in [0.15, 0.2) is 11.4 Å². The van der Waals surface area contributed by atoms with E-state index in [1.165, 1.54) is 13.2 Å². The third-order valence-corrected chi connectivity index (χ3v) is 2.30. The average Bonchev–Trinajstić information content (AvgIpc) is 2.88. The van der Waals surface area contributed by atoms with Gasteiger partial charge in [-0.2, -0.15) is 0 Å². The molecule has 0 aliphatic heterocycles. The minimum Gasteiger partial charge on any atom is -0.497 e. The Bertz CT molecular complexity index is 620. The Morgan fingerprint density at radius 2 is 2.05 bits per heavy atom. The van der Waals surface area contributed by atoms with Gasteiger partial charge in [0.05, 0.1) is 13.4 Å². The van der Waals surface area contributed by atoms with Gasteiger partial charge in [0, 0.05) is 6.07 Å². The first-order chi connectivity index (χ1) is 9.11. The van der Waals surface area contributed by atoms with Crippen molar-refractivity contribution >= 4 is 11.9 Å². The highest BCUT2D eigenvalue weighted by atomic mass is 16.5. The van der Waals surface area contributed by atoms with Crippen LogP contribution < -0.4 is 9.47 Å². The second-order valence-electron chi connectivity index (χ2n) is 3.50. The van der Waals surface area contributed by atoms with E-state index in [1.807, 2.05) is 0 Å². The van der Waals surface area contributed by atoms with Crippen LogP contribution in [0.5, 0.6) is 11.5 Å². The molecule has 0 saturated carbocycles.